The third kappa shape index (κ3) is 4.78. The van der Waals surface area contributed by atoms with Gasteiger partial charge < -0.3 is 10.6 Å². The number of carbonyl (C=O) groups is 2. The molecule has 0 heterocycles. The predicted molar refractivity (Wildman–Crippen MR) is 114 cm³/mol. The molecule has 3 aromatic rings. The zero-order valence-corrected chi connectivity index (χ0v) is 16.5. The molecule has 152 valence electrons. The van der Waals surface area contributed by atoms with Gasteiger partial charge in [0, 0.05) is 16.9 Å². The van der Waals surface area contributed by atoms with Crippen LogP contribution in [0.2, 0.25) is 0 Å². The Morgan fingerprint density at radius 2 is 1.23 bits per heavy atom. The van der Waals surface area contributed by atoms with Crippen molar-refractivity contribution in [3.8, 4) is 0 Å². The van der Waals surface area contributed by atoms with Crippen LogP contribution in [0.4, 0.5) is 20.2 Å². The summed E-state index contributed by atoms with van der Waals surface area (Å²) in [6.07, 6.45) is 1.04. The second kappa shape index (κ2) is 9.13. The molecule has 0 atom stereocenters. The second-order valence-corrected chi connectivity index (χ2v) is 6.74. The Kier molecular flexibility index (Phi) is 6.37. The molecular formula is C24H20F2N2O2. The third-order valence-corrected chi connectivity index (χ3v) is 4.56. The Labute approximate surface area is 173 Å². The second-order valence-electron chi connectivity index (χ2n) is 6.74. The van der Waals surface area contributed by atoms with E-state index in [4.69, 9.17) is 0 Å². The summed E-state index contributed by atoms with van der Waals surface area (Å²) in [6.45, 7) is 3.61. The van der Waals surface area contributed by atoms with Gasteiger partial charge in [0.2, 0.25) is 0 Å². The molecule has 3 aromatic carbocycles. The lowest BCUT2D eigenvalue weighted by atomic mass is 10.1. The summed E-state index contributed by atoms with van der Waals surface area (Å²) in [5, 5.41) is 5.32. The first-order chi connectivity index (χ1) is 14.4. The molecule has 30 heavy (non-hydrogen) atoms. The van der Waals surface area contributed by atoms with Crippen molar-refractivity contribution in [1.29, 1.82) is 0 Å². The lowest BCUT2D eigenvalue weighted by molar-refractivity contribution is -0.118. The van der Waals surface area contributed by atoms with Crippen LogP contribution < -0.4 is 10.6 Å². The minimum atomic E-state index is -1.14. The van der Waals surface area contributed by atoms with Gasteiger partial charge in [0.05, 0.1) is 0 Å². The number of hydrogen-bond donors (Lipinski definition) is 2. The molecule has 0 fully saturated rings. The van der Waals surface area contributed by atoms with Crippen LogP contribution in [-0.2, 0) is 9.59 Å². The molecule has 0 aliphatic rings. The molecule has 4 nitrogen and oxygen atoms in total. The monoisotopic (exact) mass is 406 g/mol. The number of aryl methyl sites for hydroxylation is 2. The summed E-state index contributed by atoms with van der Waals surface area (Å²) in [7, 11) is 0. The number of para-hydroxylation sites is 2. The van der Waals surface area contributed by atoms with Crippen molar-refractivity contribution >= 4 is 29.3 Å². The largest absolute Gasteiger partial charge is 0.322 e. The van der Waals surface area contributed by atoms with Crippen LogP contribution in [0.5, 0.6) is 0 Å². The number of hydrogen-bond acceptors (Lipinski definition) is 2. The number of benzene rings is 3. The van der Waals surface area contributed by atoms with Crippen LogP contribution in [0.25, 0.3) is 6.08 Å². The number of amides is 2. The van der Waals surface area contributed by atoms with Crippen molar-refractivity contribution in [1.82, 2.24) is 0 Å². The fourth-order valence-electron chi connectivity index (χ4n) is 2.83. The SMILES string of the molecule is Cc1ccccc1NC(=O)C(=Cc1cccc(F)c1F)C(=O)Nc1ccccc1C. The van der Waals surface area contributed by atoms with Gasteiger partial charge in [-0.3, -0.25) is 9.59 Å². The first-order valence-corrected chi connectivity index (χ1v) is 9.26. The zero-order chi connectivity index (χ0) is 21.7. The fraction of sp³-hybridized carbons (Fsp3) is 0.0833. The van der Waals surface area contributed by atoms with E-state index < -0.39 is 23.4 Å². The van der Waals surface area contributed by atoms with Gasteiger partial charge in [0.15, 0.2) is 11.6 Å². The van der Waals surface area contributed by atoms with E-state index in [0.29, 0.717) is 11.4 Å². The Morgan fingerprint density at radius 1 is 0.733 bits per heavy atom. The first kappa shape index (κ1) is 20.9. The van der Waals surface area contributed by atoms with Gasteiger partial charge in [0.25, 0.3) is 11.8 Å². The standard InChI is InChI=1S/C24H20F2N2O2/c1-15-8-3-5-12-20(15)27-23(29)18(14-17-10-7-11-19(25)22(17)26)24(30)28-21-13-6-4-9-16(21)2/h3-14H,1-2H3,(H,27,29)(H,28,30). The van der Waals surface area contributed by atoms with Gasteiger partial charge in [0.1, 0.15) is 5.57 Å². The highest BCUT2D eigenvalue weighted by atomic mass is 19.2. The minimum Gasteiger partial charge on any atom is -0.322 e. The Bertz CT molecular complexity index is 1080. The molecule has 0 aliphatic carbocycles. The molecule has 0 unspecified atom stereocenters. The van der Waals surface area contributed by atoms with Crippen molar-refractivity contribution in [3.63, 3.8) is 0 Å². The molecule has 0 aliphatic heterocycles. The van der Waals surface area contributed by atoms with E-state index in [0.717, 1.165) is 23.3 Å². The maximum Gasteiger partial charge on any atom is 0.261 e. The lowest BCUT2D eigenvalue weighted by Gasteiger charge is -2.13. The molecular weight excluding hydrogens is 386 g/mol. The van der Waals surface area contributed by atoms with Crippen molar-refractivity contribution in [3.05, 3.63) is 101 Å². The molecule has 0 saturated carbocycles. The highest BCUT2D eigenvalue weighted by Crippen LogP contribution is 2.20. The van der Waals surface area contributed by atoms with E-state index in [1.807, 2.05) is 12.1 Å². The van der Waals surface area contributed by atoms with E-state index in [-0.39, 0.29) is 11.1 Å². The number of halogens is 2. The average Bonchev–Trinajstić information content (AvgIpc) is 2.72. The summed E-state index contributed by atoms with van der Waals surface area (Å²) >= 11 is 0. The Hall–Kier alpha value is -3.80. The van der Waals surface area contributed by atoms with E-state index >= 15 is 0 Å². The van der Waals surface area contributed by atoms with Crippen LogP contribution in [0.15, 0.2) is 72.3 Å². The highest BCUT2D eigenvalue weighted by Gasteiger charge is 2.21. The zero-order valence-electron chi connectivity index (χ0n) is 16.5. The molecule has 2 amide bonds. The fourth-order valence-corrected chi connectivity index (χ4v) is 2.83. The summed E-state index contributed by atoms with van der Waals surface area (Å²) in [4.78, 5) is 25.9. The van der Waals surface area contributed by atoms with Gasteiger partial charge in [-0.2, -0.15) is 0 Å². The van der Waals surface area contributed by atoms with Gasteiger partial charge in [-0.1, -0.05) is 48.5 Å². The molecule has 0 spiro atoms. The van der Waals surface area contributed by atoms with E-state index in [9.17, 15) is 18.4 Å². The Morgan fingerprint density at radius 3 is 1.73 bits per heavy atom. The summed E-state index contributed by atoms with van der Waals surface area (Å²) < 4.78 is 27.8. The summed E-state index contributed by atoms with van der Waals surface area (Å²) in [5.41, 5.74) is 2.05. The van der Waals surface area contributed by atoms with Gasteiger partial charge in [-0.05, 0) is 49.2 Å². The molecule has 0 bridgehead atoms. The van der Waals surface area contributed by atoms with E-state index in [2.05, 4.69) is 10.6 Å². The number of carbonyl (C=O) groups excluding carboxylic acids is 2. The molecule has 2 N–H and O–H groups in total. The third-order valence-electron chi connectivity index (χ3n) is 4.56. The Balaban J connectivity index is 1.99. The van der Waals surface area contributed by atoms with E-state index in [1.165, 1.54) is 12.1 Å². The highest BCUT2D eigenvalue weighted by molar-refractivity contribution is 6.29. The van der Waals surface area contributed by atoms with Gasteiger partial charge in [-0.15, -0.1) is 0 Å². The average molecular weight is 406 g/mol. The molecule has 0 aromatic heterocycles. The smallest absolute Gasteiger partial charge is 0.261 e. The van der Waals surface area contributed by atoms with Gasteiger partial charge in [-0.25, -0.2) is 8.78 Å². The topological polar surface area (TPSA) is 58.2 Å². The van der Waals surface area contributed by atoms with Crippen LogP contribution in [0.1, 0.15) is 16.7 Å². The number of rotatable bonds is 5. The van der Waals surface area contributed by atoms with E-state index in [1.54, 1.807) is 50.2 Å². The van der Waals surface area contributed by atoms with Crippen molar-refractivity contribution in [2.45, 2.75) is 13.8 Å². The molecule has 0 saturated heterocycles. The lowest BCUT2D eigenvalue weighted by Crippen LogP contribution is -2.26. The summed E-state index contributed by atoms with van der Waals surface area (Å²) in [5.74, 6) is -3.68. The van der Waals surface area contributed by atoms with Crippen molar-refractivity contribution < 1.29 is 18.4 Å². The van der Waals surface area contributed by atoms with Crippen LogP contribution in [0.3, 0.4) is 0 Å². The maximum atomic E-state index is 14.2. The predicted octanol–water partition coefficient (Wildman–Crippen LogP) is 5.24. The van der Waals surface area contributed by atoms with Crippen molar-refractivity contribution in [2.75, 3.05) is 10.6 Å². The first-order valence-electron chi connectivity index (χ1n) is 9.26. The maximum absolute atomic E-state index is 14.2. The molecule has 6 heteroatoms. The number of nitrogens with one attached hydrogen (secondary N) is 2. The minimum absolute atomic E-state index is 0.204. The number of anilines is 2. The van der Waals surface area contributed by atoms with Gasteiger partial charge >= 0.3 is 0 Å². The van der Waals surface area contributed by atoms with Crippen LogP contribution in [-0.4, -0.2) is 11.8 Å². The quantitative estimate of drug-likeness (QED) is 0.346. The normalized spacial score (nSPS) is 10.3. The summed E-state index contributed by atoms with van der Waals surface area (Å²) in [6, 6.07) is 17.7. The molecule has 0 radical (unpaired) electrons. The van der Waals surface area contributed by atoms with Crippen LogP contribution >= 0.6 is 0 Å². The van der Waals surface area contributed by atoms with Crippen LogP contribution in [0, 0.1) is 25.5 Å². The van der Waals surface area contributed by atoms with Crippen molar-refractivity contribution in [2.24, 2.45) is 0 Å². The molecule has 3 rings (SSSR count).